The van der Waals surface area contributed by atoms with Gasteiger partial charge < -0.3 is 10.2 Å². The van der Waals surface area contributed by atoms with Gasteiger partial charge in [-0.3, -0.25) is 9.59 Å². The van der Waals surface area contributed by atoms with Crippen LogP contribution >= 0.6 is 0 Å². The van der Waals surface area contributed by atoms with Crippen molar-refractivity contribution in [2.75, 3.05) is 19.6 Å². The van der Waals surface area contributed by atoms with Crippen molar-refractivity contribution in [1.82, 2.24) is 10.2 Å². The number of Topliss-reactive ketones (excluding diaryl/α,β-unsaturated/α-hetero) is 1. The highest BCUT2D eigenvalue weighted by Gasteiger charge is 2.25. The van der Waals surface area contributed by atoms with Crippen LogP contribution in [-0.4, -0.2) is 42.3 Å². The van der Waals surface area contributed by atoms with Crippen molar-refractivity contribution in [3.05, 3.63) is 0 Å². The lowest BCUT2D eigenvalue weighted by Crippen LogP contribution is -2.38. The third-order valence-corrected chi connectivity index (χ3v) is 3.76. The van der Waals surface area contributed by atoms with E-state index in [-0.39, 0.29) is 11.8 Å². The molecule has 1 aliphatic heterocycles. The summed E-state index contributed by atoms with van der Waals surface area (Å²) in [5.74, 6) is 0.754. The minimum atomic E-state index is 0.182. The highest BCUT2D eigenvalue weighted by atomic mass is 16.1. The molecule has 0 spiro atoms. The van der Waals surface area contributed by atoms with Gasteiger partial charge in [-0.15, -0.1) is 0 Å². The van der Waals surface area contributed by atoms with Gasteiger partial charge in [0.2, 0.25) is 5.91 Å². The number of hydrogen-bond donors (Lipinski definition) is 1. The van der Waals surface area contributed by atoms with E-state index in [2.05, 4.69) is 10.2 Å². The highest BCUT2D eigenvalue weighted by Crippen LogP contribution is 2.19. The van der Waals surface area contributed by atoms with E-state index in [9.17, 15) is 9.59 Å². The first kappa shape index (κ1) is 12.6. The monoisotopic (exact) mass is 238 g/mol. The number of nitrogens with one attached hydrogen (secondary N) is 1. The van der Waals surface area contributed by atoms with Gasteiger partial charge in [0.25, 0.3) is 0 Å². The predicted octanol–water partition coefficient (Wildman–Crippen LogP) is 0.956. The van der Waals surface area contributed by atoms with Gasteiger partial charge in [-0.25, -0.2) is 0 Å². The molecule has 17 heavy (non-hydrogen) atoms. The van der Waals surface area contributed by atoms with Gasteiger partial charge in [0.15, 0.2) is 0 Å². The van der Waals surface area contributed by atoms with Gasteiger partial charge in [-0.05, 0) is 45.7 Å². The van der Waals surface area contributed by atoms with Crippen LogP contribution in [-0.2, 0) is 9.59 Å². The average molecular weight is 238 g/mol. The van der Waals surface area contributed by atoms with Crippen molar-refractivity contribution < 1.29 is 9.59 Å². The number of rotatable bonds is 5. The Kier molecular flexibility index (Phi) is 4.15. The van der Waals surface area contributed by atoms with Crippen molar-refractivity contribution in [3.63, 3.8) is 0 Å². The first-order valence-electron chi connectivity index (χ1n) is 6.67. The zero-order valence-corrected chi connectivity index (χ0v) is 10.6. The van der Waals surface area contributed by atoms with Crippen LogP contribution < -0.4 is 5.32 Å². The maximum absolute atomic E-state index is 11.5. The maximum Gasteiger partial charge on any atom is 0.221 e. The summed E-state index contributed by atoms with van der Waals surface area (Å²) in [6.45, 7) is 4.44. The first-order valence-corrected chi connectivity index (χ1v) is 6.67. The second kappa shape index (κ2) is 5.63. The van der Waals surface area contributed by atoms with E-state index < -0.39 is 0 Å². The van der Waals surface area contributed by atoms with Gasteiger partial charge in [0, 0.05) is 24.9 Å². The van der Waals surface area contributed by atoms with Crippen molar-refractivity contribution in [3.8, 4) is 0 Å². The van der Waals surface area contributed by atoms with E-state index in [1.165, 1.54) is 0 Å². The SMILES string of the molecule is CC(=O)C1CCN(CCC(=O)NC2CC2)CC1. The Morgan fingerprint density at radius 2 is 1.82 bits per heavy atom. The normalized spacial score (nSPS) is 22.4. The molecule has 2 fully saturated rings. The summed E-state index contributed by atoms with van der Waals surface area (Å²) in [6, 6.07) is 0.464. The Bertz CT molecular complexity index is 292. The number of likely N-dealkylation sites (tertiary alicyclic amines) is 1. The van der Waals surface area contributed by atoms with E-state index in [4.69, 9.17) is 0 Å². The summed E-state index contributed by atoms with van der Waals surface area (Å²) in [5.41, 5.74) is 0. The van der Waals surface area contributed by atoms with Crippen molar-refractivity contribution in [2.24, 2.45) is 5.92 Å². The summed E-state index contributed by atoms with van der Waals surface area (Å²) in [6.07, 6.45) is 4.81. The van der Waals surface area contributed by atoms with E-state index in [1.807, 2.05) is 0 Å². The van der Waals surface area contributed by atoms with Crippen LogP contribution in [0, 0.1) is 5.92 Å². The van der Waals surface area contributed by atoms with Gasteiger partial charge in [-0.1, -0.05) is 0 Å². The Morgan fingerprint density at radius 1 is 1.18 bits per heavy atom. The molecule has 96 valence electrons. The molecule has 1 saturated carbocycles. The van der Waals surface area contributed by atoms with E-state index >= 15 is 0 Å². The van der Waals surface area contributed by atoms with Crippen LogP contribution in [0.25, 0.3) is 0 Å². The fourth-order valence-electron chi connectivity index (χ4n) is 2.35. The lowest BCUT2D eigenvalue weighted by atomic mass is 9.93. The second-order valence-corrected chi connectivity index (χ2v) is 5.32. The molecule has 1 amide bonds. The number of amides is 1. The smallest absolute Gasteiger partial charge is 0.221 e. The number of ketones is 1. The molecule has 0 radical (unpaired) electrons. The fraction of sp³-hybridized carbons (Fsp3) is 0.846. The molecule has 0 bridgehead atoms. The van der Waals surface area contributed by atoms with Crippen LogP contribution in [0.4, 0.5) is 0 Å². The average Bonchev–Trinajstić information content (AvgIpc) is 3.11. The molecule has 0 aromatic carbocycles. The second-order valence-electron chi connectivity index (χ2n) is 5.32. The molecular formula is C13H22N2O2. The predicted molar refractivity (Wildman–Crippen MR) is 65.6 cm³/mol. The van der Waals surface area contributed by atoms with Crippen molar-refractivity contribution in [2.45, 2.75) is 45.1 Å². The van der Waals surface area contributed by atoms with Crippen LogP contribution in [0.3, 0.4) is 0 Å². The Morgan fingerprint density at radius 3 is 2.35 bits per heavy atom. The lowest BCUT2D eigenvalue weighted by Gasteiger charge is -2.30. The lowest BCUT2D eigenvalue weighted by molar-refractivity contribution is -0.123. The number of nitrogens with zero attached hydrogens (tertiary/aromatic N) is 1. The molecule has 4 nitrogen and oxygen atoms in total. The largest absolute Gasteiger partial charge is 0.353 e. The minimum absolute atomic E-state index is 0.182. The van der Waals surface area contributed by atoms with Crippen molar-refractivity contribution >= 4 is 11.7 Å². The number of piperidine rings is 1. The highest BCUT2D eigenvalue weighted by molar-refractivity contribution is 5.78. The van der Waals surface area contributed by atoms with Gasteiger partial charge in [0.05, 0.1) is 0 Å². The standard InChI is InChI=1S/C13H22N2O2/c1-10(16)11-4-7-15(8-5-11)9-6-13(17)14-12-2-3-12/h11-12H,2-9H2,1H3,(H,14,17). The zero-order chi connectivity index (χ0) is 12.3. The molecule has 1 aliphatic carbocycles. The summed E-state index contributed by atoms with van der Waals surface area (Å²) in [7, 11) is 0. The fourth-order valence-corrected chi connectivity index (χ4v) is 2.35. The molecule has 2 rings (SSSR count). The summed E-state index contributed by atoms with van der Waals surface area (Å²) < 4.78 is 0. The molecule has 0 aromatic rings. The molecule has 4 heteroatoms. The minimum Gasteiger partial charge on any atom is -0.353 e. The number of hydrogen-bond acceptors (Lipinski definition) is 3. The molecule has 0 unspecified atom stereocenters. The third kappa shape index (κ3) is 4.11. The summed E-state index contributed by atoms with van der Waals surface area (Å²) >= 11 is 0. The topological polar surface area (TPSA) is 49.4 Å². The molecule has 0 aromatic heterocycles. The van der Waals surface area contributed by atoms with Gasteiger partial charge in [0.1, 0.15) is 5.78 Å². The summed E-state index contributed by atoms with van der Waals surface area (Å²) in [5, 5.41) is 3.00. The Balaban J connectivity index is 1.60. The van der Waals surface area contributed by atoms with Crippen LogP contribution in [0.1, 0.15) is 39.0 Å². The molecule has 1 saturated heterocycles. The molecule has 2 aliphatic rings. The quantitative estimate of drug-likeness (QED) is 0.776. The number of carbonyl (C=O) groups excluding carboxylic acids is 2. The molecule has 0 atom stereocenters. The van der Waals surface area contributed by atoms with Crippen LogP contribution in [0.5, 0.6) is 0 Å². The van der Waals surface area contributed by atoms with Gasteiger partial charge in [-0.2, -0.15) is 0 Å². The zero-order valence-electron chi connectivity index (χ0n) is 10.6. The first-order chi connectivity index (χ1) is 8.15. The molecule has 1 N–H and O–H groups in total. The Labute approximate surface area is 103 Å². The molecular weight excluding hydrogens is 216 g/mol. The van der Waals surface area contributed by atoms with Gasteiger partial charge >= 0.3 is 0 Å². The summed E-state index contributed by atoms with van der Waals surface area (Å²) in [4.78, 5) is 25.0. The van der Waals surface area contributed by atoms with E-state index in [0.29, 0.717) is 18.2 Å². The number of carbonyl (C=O) groups is 2. The van der Waals surface area contributed by atoms with Crippen LogP contribution in [0.15, 0.2) is 0 Å². The van der Waals surface area contributed by atoms with Crippen molar-refractivity contribution in [1.29, 1.82) is 0 Å². The van der Waals surface area contributed by atoms with Crippen LogP contribution in [0.2, 0.25) is 0 Å². The van der Waals surface area contributed by atoms with E-state index in [0.717, 1.165) is 45.3 Å². The van der Waals surface area contributed by atoms with E-state index in [1.54, 1.807) is 6.92 Å². The molecule has 1 heterocycles. The third-order valence-electron chi connectivity index (χ3n) is 3.76. The Hall–Kier alpha value is -0.900. The maximum atomic E-state index is 11.5.